The van der Waals surface area contributed by atoms with Gasteiger partial charge in [0.05, 0.1) is 37.4 Å². The Kier molecular flexibility index (Phi) is 9.32. The summed E-state index contributed by atoms with van der Waals surface area (Å²) in [7, 11) is 0. The molecular weight excluding hydrogens is 450 g/mol. The Bertz CT molecular complexity index is 844. The number of carbonyl (C=O) groups is 2. The van der Waals surface area contributed by atoms with E-state index in [1.807, 2.05) is 39.8 Å². The second kappa shape index (κ2) is 11.8. The van der Waals surface area contributed by atoms with Crippen molar-refractivity contribution >= 4 is 11.9 Å². The van der Waals surface area contributed by atoms with E-state index in [4.69, 9.17) is 19.3 Å². The number of epoxide rings is 1. The van der Waals surface area contributed by atoms with Gasteiger partial charge in [-0.25, -0.2) is 0 Å². The van der Waals surface area contributed by atoms with E-state index < -0.39 is 29.9 Å². The van der Waals surface area contributed by atoms with Crippen molar-refractivity contribution in [3.63, 3.8) is 0 Å². The predicted octanol–water partition coefficient (Wildman–Crippen LogP) is 3.15. The minimum atomic E-state index is -0.925. The number of aliphatic carboxylic acids is 1. The van der Waals surface area contributed by atoms with Crippen molar-refractivity contribution in [2.24, 2.45) is 11.8 Å². The molecule has 0 aromatic carbocycles. The van der Waals surface area contributed by atoms with Gasteiger partial charge in [0, 0.05) is 6.42 Å². The number of allylic oxidation sites excluding steroid dienone is 3. The van der Waals surface area contributed by atoms with Crippen LogP contribution in [0.2, 0.25) is 0 Å². The second-order valence-corrected chi connectivity index (χ2v) is 10.7. The molecular formula is C27H41NO7. The number of carboxylic acids is 1. The van der Waals surface area contributed by atoms with Gasteiger partial charge < -0.3 is 29.7 Å². The molecule has 3 rings (SSSR count). The van der Waals surface area contributed by atoms with E-state index in [9.17, 15) is 14.7 Å². The highest BCUT2D eigenvalue weighted by Crippen LogP contribution is 2.43. The largest absolute Gasteiger partial charge is 0.481 e. The first-order valence-corrected chi connectivity index (χ1v) is 12.7. The number of carboxylic acid groups (broad SMARTS) is 1. The number of nitrogens with one attached hydrogen (secondary N) is 1. The van der Waals surface area contributed by atoms with E-state index >= 15 is 0 Å². The van der Waals surface area contributed by atoms with E-state index in [2.05, 4.69) is 18.3 Å². The average molecular weight is 492 g/mol. The lowest BCUT2D eigenvalue weighted by atomic mass is 9.87. The highest BCUT2D eigenvalue weighted by molar-refractivity contribution is 5.87. The zero-order chi connectivity index (χ0) is 25.8. The molecule has 3 N–H and O–H groups in total. The van der Waals surface area contributed by atoms with Crippen LogP contribution in [0.1, 0.15) is 60.3 Å². The molecule has 35 heavy (non-hydrogen) atoms. The smallest absolute Gasteiger partial charge is 0.305 e. The van der Waals surface area contributed by atoms with E-state index in [-0.39, 0.29) is 36.5 Å². The Balaban J connectivity index is 1.52. The molecule has 0 aromatic rings. The van der Waals surface area contributed by atoms with E-state index in [1.165, 1.54) is 0 Å². The molecule has 0 saturated carbocycles. The van der Waals surface area contributed by atoms with Crippen molar-refractivity contribution in [3.05, 3.63) is 36.0 Å². The molecule has 196 valence electrons. The number of amides is 1. The second-order valence-electron chi connectivity index (χ2n) is 10.7. The quantitative estimate of drug-likeness (QED) is 0.258. The Morgan fingerprint density at radius 2 is 1.91 bits per heavy atom. The fourth-order valence-electron chi connectivity index (χ4n) is 4.84. The van der Waals surface area contributed by atoms with Crippen LogP contribution < -0.4 is 5.32 Å². The molecule has 8 nitrogen and oxygen atoms in total. The number of hydrogen-bond acceptors (Lipinski definition) is 6. The first-order chi connectivity index (χ1) is 16.5. The lowest BCUT2D eigenvalue weighted by molar-refractivity contribution is -0.155. The molecule has 8 atom stereocenters. The van der Waals surface area contributed by atoms with Gasteiger partial charge in [0.15, 0.2) is 0 Å². The third-order valence-corrected chi connectivity index (χ3v) is 7.09. The Hall–Kier alpha value is -2.00. The van der Waals surface area contributed by atoms with Gasteiger partial charge in [-0.1, -0.05) is 50.6 Å². The van der Waals surface area contributed by atoms with Crippen LogP contribution in [0.15, 0.2) is 36.0 Å². The van der Waals surface area contributed by atoms with Gasteiger partial charge in [0.2, 0.25) is 5.91 Å². The predicted molar refractivity (Wildman–Crippen MR) is 132 cm³/mol. The normalized spacial score (nSPS) is 37.9. The molecule has 8 heteroatoms. The zero-order valence-electron chi connectivity index (χ0n) is 21.5. The summed E-state index contributed by atoms with van der Waals surface area (Å²) < 4.78 is 17.6. The zero-order valence-corrected chi connectivity index (χ0v) is 21.5. The fraction of sp³-hybridized carbons (Fsp3) is 0.704. The summed E-state index contributed by atoms with van der Waals surface area (Å²) in [6, 6.07) is -0.0174. The molecule has 3 aliphatic heterocycles. The SMILES string of the molecule is CC(/C=C/[C@H]1O[C@@H](CC(=O)O)C[C@@]2(CO2)[C@H]1O)=C\C[C@@H]1O[C@H](C)[C@H](NC(=O)/C=C\C(C)C)C[C@@H]1C. The maximum absolute atomic E-state index is 12.2. The Morgan fingerprint density at radius 3 is 2.54 bits per heavy atom. The summed E-state index contributed by atoms with van der Waals surface area (Å²) >= 11 is 0. The van der Waals surface area contributed by atoms with Gasteiger partial charge >= 0.3 is 5.97 Å². The first kappa shape index (κ1) is 27.6. The van der Waals surface area contributed by atoms with Crippen molar-refractivity contribution < 1.29 is 34.0 Å². The Labute approximate surface area is 208 Å². The van der Waals surface area contributed by atoms with Crippen LogP contribution in [0, 0.1) is 11.8 Å². The summed E-state index contributed by atoms with van der Waals surface area (Å²) in [5, 5.41) is 22.8. The molecule has 3 saturated heterocycles. The summed E-state index contributed by atoms with van der Waals surface area (Å²) in [5.74, 6) is -0.395. The monoisotopic (exact) mass is 491 g/mol. The Morgan fingerprint density at radius 1 is 1.20 bits per heavy atom. The molecule has 0 bridgehead atoms. The van der Waals surface area contributed by atoms with Gasteiger partial charge in [-0.15, -0.1) is 0 Å². The lowest BCUT2D eigenvalue weighted by Crippen LogP contribution is -2.50. The molecule has 3 heterocycles. The first-order valence-electron chi connectivity index (χ1n) is 12.7. The highest BCUT2D eigenvalue weighted by atomic mass is 16.6. The number of ether oxygens (including phenoxy) is 3. The highest BCUT2D eigenvalue weighted by Gasteiger charge is 2.58. The summed E-state index contributed by atoms with van der Waals surface area (Å²) in [5.41, 5.74) is 0.327. The average Bonchev–Trinajstić information content (AvgIpc) is 3.54. The van der Waals surface area contributed by atoms with Gasteiger partial charge in [-0.2, -0.15) is 0 Å². The number of aliphatic hydroxyl groups excluding tert-OH is 1. The van der Waals surface area contributed by atoms with Crippen LogP contribution in [0.25, 0.3) is 0 Å². The van der Waals surface area contributed by atoms with Crippen LogP contribution in [0.3, 0.4) is 0 Å². The van der Waals surface area contributed by atoms with Crippen molar-refractivity contribution in [1.29, 1.82) is 0 Å². The third-order valence-electron chi connectivity index (χ3n) is 7.09. The summed E-state index contributed by atoms with van der Waals surface area (Å²) in [6.07, 6.45) is 9.20. The third kappa shape index (κ3) is 7.74. The van der Waals surface area contributed by atoms with Crippen molar-refractivity contribution in [2.45, 2.75) is 102 Å². The van der Waals surface area contributed by atoms with Crippen LogP contribution >= 0.6 is 0 Å². The van der Waals surface area contributed by atoms with Crippen molar-refractivity contribution in [3.8, 4) is 0 Å². The van der Waals surface area contributed by atoms with Crippen LogP contribution in [0.4, 0.5) is 0 Å². The van der Waals surface area contributed by atoms with Crippen molar-refractivity contribution in [1.82, 2.24) is 5.32 Å². The number of hydrogen-bond donors (Lipinski definition) is 3. The molecule has 1 amide bonds. The maximum Gasteiger partial charge on any atom is 0.305 e. The standard InChI is InChI=1S/C27H41NO7/c1-16(2)6-11-24(29)28-21-12-18(4)22(34-19(21)5)9-7-17(3)8-10-23-26(32)27(15-33-27)14-20(35-23)13-25(30)31/h6-8,10-11,16,18-23,26,32H,9,12-15H2,1-5H3,(H,28,29)(H,30,31)/b10-8+,11-6-,17-7+/t18-,19+,20-,21+,22-,23+,26-,27+/m0/s1. The van der Waals surface area contributed by atoms with Gasteiger partial charge in [0.1, 0.15) is 17.8 Å². The minimum absolute atomic E-state index is 0.0174. The minimum Gasteiger partial charge on any atom is -0.481 e. The van der Waals surface area contributed by atoms with Gasteiger partial charge in [-0.05, 0) is 44.6 Å². The number of rotatable bonds is 9. The molecule has 0 aromatic heterocycles. The fourth-order valence-corrected chi connectivity index (χ4v) is 4.84. The lowest BCUT2D eigenvalue weighted by Gasteiger charge is -2.39. The van der Waals surface area contributed by atoms with Crippen LogP contribution in [0.5, 0.6) is 0 Å². The maximum atomic E-state index is 12.2. The van der Waals surface area contributed by atoms with Crippen LogP contribution in [-0.4, -0.2) is 70.9 Å². The summed E-state index contributed by atoms with van der Waals surface area (Å²) in [6.45, 7) is 10.6. The number of carbonyl (C=O) groups excluding carboxylic acids is 1. The van der Waals surface area contributed by atoms with E-state index in [0.717, 1.165) is 18.4 Å². The molecule has 0 aliphatic carbocycles. The molecule has 0 unspecified atom stereocenters. The molecule has 1 spiro atoms. The van der Waals surface area contributed by atoms with Crippen LogP contribution in [-0.2, 0) is 23.8 Å². The molecule has 3 aliphatic rings. The number of aliphatic hydroxyl groups is 1. The summed E-state index contributed by atoms with van der Waals surface area (Å²) in [4.78, 5) is 23.3. The topological polar surface area (TPSA) is 118 Å². The van der Waals surface area contributed by atoms with E-state index in [0.29, 0.717) is 18.9 Å². The molecule has 0 radical (unpaired) electrons. The van der Waals surface area contributed by atoms with E-state index in [1.54, 1.807) is 12.2 Å². The van der Waals surface area contributed by atoms with Crippen molar-refractivity contribution in [2.75, 3.05) is 6.61 Å². The molecule has 3 fully saturated rings. The van der Waals surface area contributed by atoms with Gasteiger partial charge in [0.25, 0.3) is 0 Å². The van der Waals surface area contributed by atoms with Gasteiger partial charge in [-0.3, -0.25) is 9.59 Å².